The van der Waals surface area contributed by atoms with Crippen molar-refractivity contribution < 1.29 is 14.3 Å². The van der Waals surface area contributed by atoms with Crippen LogP contribution in [0.3, 0.4) is 0 Å². The maximum absolute atomic E-state index is 13.2. The lowest BCUT2D eigenvalue weighted by molar-refractivity contribution is -0.116. The fourth-order valence-electron chi connectivity index (χ4n) is 3.64. The van der Waals surface area contributed by atoms with Crippen LogP contribution in [0.15, 0.2) is 79.0 Å². The van der Waals surface area contributed by atoms with Gasteiger partial charge in [0.1, 0.15) is 6.61 Å². The number of ether oxygens (including phenoxy) is 2. The van der Waals surface area contributed by atoms with Gasteiger partial charge in [0.15, 0.2) is 0 Å². The number of carbonyl (C=O) groups is 1. The molecule has 1 aromatic heterocycles. The number of benzene rings is 2. The third-order valence-corrected chi connectivity index (χ3v) is 5.29. The van der Waals surface area contributed by atoms with Crippen molar-refractivity contribution in [3.8, 4) is 5.88 Å². The summed E-state index contributed by atoms with van der Waals surface area (Å²) in [5, 5.41) is 2.99. The number of morpholine rings is 1. The second kappa shape index (κ2) is 10.7. The van der Waals surface area contributed by atoms with Gasteiger partial charge in [0.2, 0.25) is 11.8 Å². The third-order valence-electron chi connectivity index (χ3n) is 5.29. The summed E-state index contributed by atoms with van der Waals surface area (Å²) < 4.78 is 11.1. The van der Waals surface area contributed by atoms with Gasteiger partial charge in [0.05, 0.1) is 31.0 Å². The van der Waals surface area contributed by atoms with Gasteiger partial charge in [-0.3, -0.25) is 9.69 Å². The zero-order valence-corrected chi connectivity index (χ0v) is 17.4. The number of aromatic nitrogens is 1. The van der Waals surface area contributed by atoms with Crippen molar-refractivity contribution in [3.63, 3.8) is 0 Å². The maximum Gasteiger partial charge on any atom is 0.236 e. The largest absolute Gasteiger partial charge is 0.476 e. The van der Waals surface area contributed by atoms with Crippen LogP contribution in [-0.2, 0) is 9.53 Å². The number of hydrogen-bond donors (Lipinski definition) is 1. The van der Waals surface area contributed by atoms with E-state index in [9.17, 15) is 4.79 Å². The molecule has 1 fully saturated rings. The second-order valence-electron chi connectivity index (χ2n) is 7.43. The number of nitrogens with zero attached hydrogens (tertiary/aromatic N) is 2. The summed E-state index contributed by atoms with van der Waals surface area (Å²) in [6.45, 7) is 4.85. The van der Waals surface area contributed by atoms with Crippen molar-refractivity contribution in [2.24, 2.45) is 0 Å². The molecule has 0 atom stereocenters. The molecule has 160 valence electrons. The van der Waals surface area contributed by atoms with Crippen molar-refractivity contribution >= 4 is 11.6 Å². The van der Waals surface area contributed by atoms with Crippen molar-refractivity contribution in [3.05, 3.63) is 90.1 Å². The third kappa shape index (κ3) is 5.90. The Morgan fingerprint density at radius 3 is 2.19 bits per heavy atom. The Morgan fingerprint density at radius 2 is 1.61 bits per heavy atom. The quantitative estimate of drug-likeness (QED) is 0.607. The highest BCUT2D eigenvalue weighted by atomic mass is 16.5. The van der Waals surface area contributed by atoms with E-state index in [2.05, 4.69) is 15.2 Å². The summed E-state index contributed by atoms with van der Waals surface area (Å²) in [5.74, 6) is 0.0564. The molecule has 0 spiro atoms. The summed E-state index contributed by atoms with van der Waals surface area (Å²) in [6, 6.07) is 23.2. The molecule has 4 rings (SSSR count). The average molecular weight is 418 g/mol. The SMILES string of the molecule is O=C(Nc1ccc(OCCN2CCOCC2)nc1)C(c1ccccc1)c1ccccc1. The number of rotatable bonds is 8. The highest BCUT2D eigenvalue weighted by Gasteiger charge is 2.22. The zero-order valence-electron chi connectivity index (χ0n) is 17.4. The molecule has 2 heterocycles. The maximum atomic E-state index is 13.2. The van der Waals surface area contributed by atoms with Crippen molar-refractivity contribution in [2.45, 2.75) is 5.92 Å². The van der Waals surface area contributed by atoms with E-state index in [0.717, 1.165) is 44.0 Å². The first-order valence-corrected chi connectivity index (χ1v) is 10.6. The number of hydrogen-bond acceptors (Lipinski definition) is 5. The van der Waals surface area contributed by atoms with Gasteiger partial charge >= 0.3 is 0 Å². The number of amides is 1. The Bertz CT molecular complexity index is 903. The molecular weight excluding hydrogens is 390 g/mol. The van der Waals surface area contributed by atoms with Crippen LogP contribution in [0.25, 0.3) is 0 Å². The van der Waals surface area contributed by atoms with Crippen molar-refractivity contribution in [1.29, 1.82) is 0 Å². The van der Waals surface area contributed by atoms with Gasteiger partial charge < -0.3 is 14.8 Å². The Kier molecular flexibility index (Phi) is 7.26. The summed E-state index contributed by atoms with van der Waals surface area (Å²) in [4.78, 5) is 19.8. The molecule has 0 aliphatic carbocycles. The van der Waals surface area contributed by atoms with Crippen LogP contribution in [0.1, 0.15) is 17.0 Å². The molecule has 2 aromatic carbocycles. The predicted octanol–water partition coefficient (Wildman–Crippen LogP) is 3.56. The number of pyridine rings is 1. The van der Waals surface area contributed by atoms with E-state index in [4.69, 9.17) is 9.47 Å². The summed E-state index contributed by atoms with van der Waals surface area (Å²) in [6.07, 6.45) is 1.63. The molecule has 31 heavy (non-hydrogen) atoms. The molecule has 1 aliphatic heterocycles. The minimum Gasteiger partial charge on any atom is -0.476 e. The first-order chi connectivity index (χ1) is 15.3. The topological polar surface area (TPSA) is 63.7 Å². The highest BCUT2D eigenvalue weighted by Crippen LogP contribution is 2.26. The predicted molar refractivity (Wildman–Crippen MR) is 120 cm³/mol. The van der Waals surface area contributed by atoms with Crippen LogP contribution in [-0.4, -0.2) is 55.2 Å². The van der Waals surface area contributed by atoms with Crippen molar-refractivity contribution in [2.75, 3.05) is 44.8 Å². The van der Waals surface area contributed by atoms with Crippen LogP contribution in [0.5, 0.6) is 5.88 Å². The summed E-state index contributed by atoms with van der Waals surface area (Å²) in [7, 11) is 0. The van der Waals surface area contributed by atoms with Gasteiger partial charge in [-0.05, 0) is 17.2 Å². The van der Waals surface area contributed by atoms with Gasteiger partial charge in [-0.1, -0.05) is 60.7 Å². The smallest absolute Gasteiger partial charge is 0.236 e. The van der Waals surface area contributed by atoms with Crippen LogP contribution in [0, 0.1) is 0 Å². The second-order valence-corrected chi connectivity index (χ2v) is 7.43. The van der Waals surface area contributed by atoms with E-state index >= 15 is 0 Å². The molecule has 1 saturated heterocycles. The molecular formula is C25H27N3O3. The number of nitrogens with one attached hydrogen (secondary N) is 1. The van der Waals surface area contributed by atoms with Crippen molar-refractivity contribution in [1.82, 2.24) is 9.88 Å². The lowest BCUT2D eigenvalue weighted by Gasteiger charge is -2.26. The molecule has 0 unspecified atom stereocenters. The van der Waals surface area contributed by atoms with Gasteiger partial charge in [-0.2, -0.15) is 0 Å². The Labute approximate surface area is 182 Å². The lowest BCUT2D eigenvalue weighted by Crippen LogP contribution is -2.38. The van der Waals surface area contributed by atoms with Crippen LogP contribution in [0.4, 0.5) is 5.69 Å². The molecule has 0 saturated carbocycles. The lowest BCUT2D eigenvalue weighted by atomic mass is 9.90. The molecule has 0 bridgehead atoms. The zero-order chi connectivity index (χ0) is 21.3. The molecule has 1 amide bonds. The Hall–Kier alpha value is -3.22. The fourth-order valence-corrected chi connectivity index (χ4v) is 3.64. The summed E-state index contributed by atoms with van der Waals surface area (Å²) >= 11 is 0. The molecule has 1 aliphatic rings. The van der Waals surface area contributed by atoms with E-state index < -0.39 is 5.92 Å². The molecule has 6 nitrogen and oxygen atoms in total. The molecule has 6 heteroatoms. The van der Waals surface area contributed by atoms with Crippen LogP contribution >= 0.6 is 0 Å². The average Bonchev–Trinajstić information content (AvgIpc) is 2.82. The Morgan fingerprint density at radius 1 is 0.968 bits per heavy atom. The Balaban J connectivity index is 1.37. The summed E-state index contributed by atoms with van der Waals surface area (Å²) in [5.41, 5.74) is 2.53. The van der Waals surface area contributed by atoms with Gasteiger partial charge in [-0.25, -0.2) is 4.98 Å². The van der Waals surface area contributed by atoms with E-state index in [0.29, 0.717) is 18.2 Å². The van der Waals surface area contributed by atoms with Gasteiger partial charge in [0, 0.05) is 25.7 Å². The first-order valence-electron chi connectivity index (χ1n) is 10.6. The molecule has 3 aromatic rings. The standard InChI is InChI=1S/C25H27N3O3/c29-25(24(20-7-3-1-4-8-20)21-9-5-2-6-10-21)27-22-11-12-23(26-19-22)31-18-15-28-13-16-30-17-14-28/h1-12,19,24H,13-18H2,(H,27,29). The number of carbonyl (C=O) groups excluding carboxylic acids is 1. The minimum absolute atomic E-state index is 0.0971. The fraction of sp³-hybridized carbons (Fsp3) is 0.280. The highest BCUT2D eigenvalue weighted by molar-refractivity contribution is 5.98. The molecule has 1 N–H and O–H groups in total. The molecule has 0 radical (unpaired) electrons. The van der Waals surface area contributed by atoms with E-state index in [1.807, 2.05) is 66.7 Å². The van der Waals surface area contributed by atoms with E-state index in [-0.39, 0.29) is 5.91 Å². The minimum atomic E-state index is -0.396. The monoisotopic (exact) mass is 417 g/mol. The first kappa shape index (κ1) is 21.0. The van der Waals surface area contributed by atoms with Gasteiger partial charge in [0.25, 0.3) is 0 Å². The van der Waals surface area contributed by atoms with Gasteiger partial charge in [-0.15, -0.1) is 0 Å². The number of anilines is 1. The van der Waals surface area contributed by atoms with E-state index in [1.165, 1.54) is 0 Å². The normalized spacial score (nSPS) is 14.4. The van der Waals surface area contributed by atoms with Crippen LogP contribution < -0.4 is 10.1 Å². The van der Waals surface area contributed by atoms with E-state index in [1.54, 1.807) is 12.3 Å². The van der Waals surface area contributed by atoms with Crippen LogP contribution in [0.2, 0.25) is 0 Å².